The predicted octanol–water partition coefficient (Wildman–Crippen LogP) is 4.33. The molecule has 0 saturated carbocycles. The lowest BCUT2D eigenvalue weighted by molar-refractivity contribution is 0.135. The Labute approximate surface area is 127 Å². The van der Waals surface area contributed by atoms with Gasteiger partial charge in [0.2, 0.25) is 0 Å². The molecule has 0 bridgehead atoms. The normalized spacial score (nSPS) is 23.4. The largest absolute Gasteiger partial charge is 0.496 e. The highest BCUT2D eigenvalue weighted by atomic mass is 16.5. The molecule has 1 aliphatic heterocycles. The Morgan fingerprint density at radius 1 is 1.00 bits per heavy atom. The minimum Gasteiger partial charge on any atom is -0.496 e. The highest BCUT2D eigenvalue weighted by molar-refractivity contribution is 5.91. The molecule has 0 aliphatic carbocycles. The van der Waals surface area contributed by atoms with Crippen molar-refractivity contribution in [2.24, 2.45) is 11.8 Å². The van der Waals surface area contributed by atoms with Gasteiger partial charge in [-0.15, -0.1) is 0 Å². The van der Waals surface area contributed by atoms with Crippen LogP contribution in [0.15, 0.2) is 36.4 Å². The Hall–Kier alpha value is -1.54. The van der Waals surface area contributed by atoms with Crippen molar-refractivity contribution in [3.8, 4) is 5.75 Å². The van der Waals surface area contributed by atoms with Crippen molar-refractivity contribution < 1.29 is 4.74 Å². The van der Waals surface area contributed by atoms with E-state index in [0.717, 1.165) is 24.1 Å². The second-order valence-corrected chi connectivity index (χ2v) is 6.61. The van der Waals surface area contributed by atoms with Crippen LogP contribution in [0.25, 0.3) is 10.8 Å². The molecule has 2 atom stereocenters. The molecule has 1 fully saturated rings. The molecule has 0 aromatic heterocycles. The Balaban J connectivity index is 1.90. The van der Waals surface area contributed by atoms with Gasteiger partial charge in [0.15, 0.2) is 0 Å². The summed E-state index contributed by atoms with van der Waals surface area (Å²) in [5, 5.41) is 2.54. The highest BCUT2D eigenvalue weighted by Gasteiger charge is 2.22. The maximum atomic E-state index is 5.49. The lowest BCUT2D eigenvalue weighted by Gasteiger charge is -2.35. The molecule has 1 heterocycles. The van der Waals surface area contributed by atoms with Crippen molar-refractivity contribution in [3.63, 3.8) is 0 Å². The van der Waals surface area contributed by atoms with Gasteiger partial charge in [-0.1, -0.05) is 44.2 Å². The number of piperidine rings is 1. The summed E-state index contributed by atoms with van der Waals surface area (Å²) in [6, 6.07) is 12.9. The fourth-order valence-corrected chi connectivity index (χ4v) is 3.81. The lowest BCUT2D eigenvalue weighted by atomic mass is 9.91. The van der Waals surface area contributed by atoms with Crippen molar-refractivity contribution in [1.82, 2.24) is 4.90 Å². The molecule has 2 aromatic carbocycles. The van der Waals surface area contributed by atoms with Gasteiger partial charge >= 0.3 is 0 Å². The van der Waals surface area contributed by atoms with Gasteiger partial charge in [0.25, 0.3) is 0 Å². The van der Waals surface area contributed by atoms with E-state index in [-0.39, 0.29) is 0 Å². The Morgan fingerprint density at radius 2 is 1.67 bits per heavy atom. The second kappa shape index (κ2) is 6.07. The molecular formula is C19H25NO. The zero-order valence-electron chi connectivity index (χ0n) is 13.3. The standard InChI is InChI=1S/C19H25NO/c1-14-10-15(2)12-20(11-14)13-16-8-9-19(21-3)18-7-5-4-6-17(16)18/h4-9,14-15H,10-13H2,1-3H3/t14-,15+. The van der Waals surface area contributed by atoms with Gasteiger partial charge in [0, 0.05) is 25.0 Å². The summed E-state index contributed by atoms with van der Waals surface area (Å²) in [5.74, 6) is 2.58. The summed E-state index contributed by atoms with van der Waals surface area (Å²) in [5.41, 5.74) is 1.41. The first-order valence-corrected chi connectivity index (χ1v) is 7.94. The van der Waals surface area contributed by atoms with Crippen LogP contribution in [0.4, 0.5) is 0 Å². The monoisotopic (exact) mass is 283 g/mol. The third-order valence-corrected chi connectivity index (χ3v) is 4.53. The van der Waals surface area contributed by atoms with E-state index in [1.54, 1.807) is 7.11 Å². The van der Waals surface area contributed by atoms with Gasteiger partial charge in [0.05, 0.1) is 7.11 Å². The van der Waals surface area contributed by atoms with E-state index in [9.17, 15) is 0 Å². The summed E-state index contributed by atoms with van der Waals surface area (Å²) in [6.07, 6.45) is 1.36. The number of ether oxygens (including phenoxy) is 1. The summed E-state index contributed by atoms with van der Waals surface area (Å²) in [4.78, 5) is 2.60. The van der Waals surface area contributed by atoms with E-state index < -0.39 is 0 Å². The number of methoxy groups -OCH3 is 1. The Bertz CT molecular complexity index is 612. The van der Waals surface area contributed by atoms with Crippen LogP contribution in [0.3, 0.4) is 0 Å². The lowest BCUT2D eigenvalue weighted by Crippen LogP contribution is -2.38. The first-order valence-electron chi connectivity index (χ1n) is 7.94. The van der Waals surface area contributed by atoms with Crippen molar-refractivity contribution in [2.45, 2.75) is 26.8 Å². The minimum atomic E-state index is 0.804. The third-order valence-electron chi connectivity index (χ3n) is 4.53. The maximum Gasteiger partial charge on any atom is 0.126 e. The van der Waals surface area contributed by atoms with E-state index in [1.165, 1.54) is 35.8 Å². The van der Waals surface area contributed by atoms with E-state index in [4.69, 9.17) is 4.74 Å². The van der Waals surface area contributed by atoms with Gasteiger partial charge in [-0.05, 0) is 35.3 Å². The number of hydrogen-bond acceptors (Lipinski definition) is 2. The topological polar surface area (TPSA) is 12.5 Å². The van der Waals surface area contributed by atoms with Crippen molar-refractivity contribution in [1.29, 1.82) is 0 Å². The fraction of sp³-hybridized carbons (Fsp3) is 0.474. The SMILES string of the molecule is COc1ccc(CN2C[C@H](C)C[C@H](C)C2)c2ccccc12. The maximum absolute atomic E-state index is 5.49. The molecule has 2 aromatic rings. The molecule has 0 spiro atoms. The van der Waals surface area contributed by atoms with Crippen LogP contribution >= 0.6 is 0 Å². The van der Waals surface area contributed by atoms with Crippen LogP contribution in [0, 0.1) is 11.8 Å². The first-order chi connectivity index (χ1) is 10.2. The Morgan fingerprint density at radius 3 is 2.33 bits per heavy atom. The average molecular weight is 283 g/mol. The molecule has 0 amide bonds. The molecule has 1 saturated heterocycles. The molecule has 1 aliphatic rings. The van der Waals surface area contributed by atoms with Crippen LogP contribution in [0.2, 0.25) is 0 Å². The number of hydrogen-bond donors (Lipinski definition) is 0. The second-order valence-electron chi connectivity index (χ2n) is 6.61. The van der Waals surface area contributed by atoms with Gasteiger partial charge in [-0.2, -0.15) is 0 Å². The van der Waals surface area contributed by atoms with Crippen LogP contribution in [-0.4, -0.2) is 25.1 Å². The van der Waals surface area contributed by atoms with Crippen molar-refractivity contribution >= 4 is 10.8 Å². The number of likely N-dealkylation sites (tertiary alicyclic amines) is 1. The van der Waals surface area contributed by atoms with Crippen LogP contribution in [0.1, 0.15) is 25.8 Å². The number of fused-ring (bicyclic) bond motifs is 1. The zero-order valence-corrected chi connectivity index (χ0v) is 13.3. The van der Waals surface area contributed by atoms with Crippen molar-refractivity contribution in [3.05, 3.63) is 42.0 Å². The zero-order chi connectivity index (χ0) is 14.8. The summed E-state index contributed by atoms with van der Waals surface area (Å²) in [6.45, 7) is 8.21. The van der Waals surface area contributed by atoms with E-state index >= 15 is 0 Å². The molecule has 3 rings (SSSR count). The van der Waals surface area contributed by atoms with Gasteiger partial charge in [0.1, 0.15) is 5.75 Å². The van der Waals surface area contributed by atoms with Crippen molar-refractivity contribution in [2.75, 3.05) is 20.2 Å². The van der Waals surface area contributed by atoms with Gasteiger partial charge in [-0.25, -0.2) is 0 Å². The van der Waals surface area contributed by atoms with E-state index in [2.05, 4.69) is 55.1 Å². The number of benzene rings is 2. The molecule has 2 heteroatoms. The molecule has 0 radical (unpaired) electrons. The number of rotatable bonds is 3. The number of nitrogens with zero attached hydrogens (tertiary/aromatic N) is 1. The predicted molar refractivity (Wildman–Crippen MR) is 88.7 cm³/mol. The van der Waals surface area contributed by atoms with E-state index in [1.807, 2.05) is 0 Å². The molecule has 0 unspecified atom stereocenters. The van der Waals surface area contributed by atoms with Gasteiger partial charge < -0.3 is 4.74 Å². The quantitative estimate of drug-likeness (QED) is 0.831. The minimum absolute atomic E-state index is 0.804. The van der Waals surface area contributed by atoms with E-state index in [0.29, 0.717) is 0 Å². The summed E-state index contributed by atoms with van der Waals surface area (Å²) >= 11 is 0. The summed E-state index contributed by atoms with van der Waals surface area (Å²) in [7, 11) is 1.75. The third kappa shape index (κ3) is 3.06. The first kappa shape index (κ1) is 14.4. The molecule has 0 N–H and O–H groups in total. The van der Waals surface area contributed by atoms with Crippen LogP contribution in [-0.2, 0) is 6.54 Å². The smallest absolute Gasteiger partial charge is 0.126 e. The molecule has 2 nitrogen and oxygen atoms in total. The van der Waals surface area contributed by atoms with Crippen LogP contribution < -0.4 is 4.74 Å². The molecular weight excluding hydrogens is 258 g/mol. The van der Waals surface area contributed by atoms with Crippen LogP contribution in [0.5, 0.6) is 5.75 Å². The Kier molecular flexibility index (Phi) is 4.16. The molecule has 21 heavy (non-hydrogen) atoms. The fourth-order valence-electron chi connectivity index (χ4n) is 3.81. The highest BCUT2D eigenvalue weighted by Crippen LogP contribution is 2.30. The summed E-state index contributed by atoms with van der Waals surface area (Å²) < 4.78 is 5.49. The van der Waals surface area contributed by atoms with Gasteiger partial charge in [-0.3, -0.25) is 4.90 Å². The molecule has 112 valence electrons. The average Bonchev–Trinajstić information content (AvgIpc) is 2.46.